The Labute approximate surface area is 83.7 Å². The maximum atomic E-state index is 11.3. The highest BCUT2D eigenvalue weighted by molar-refractivity contribution is 6.47. The first-order valence-electron chi connectivity index (χ1n) is 4.85. The first-order chi connectivity index (χ1) is 6.63. The van der Waals surface area contributed by atoms with Crippen LogP contribution in [0.25, 0.3) is 0 Å². The van der Waals surface area contributed by atoms with Crippen LogP contribution < -0.4 is 0 Å². The second-order valence-corrected chi connectivity index (χ2v) is 3.43. The molecule has 14 heavy (non-hydrogen) atoms. The summed E-state index contributed by atoms with van der Waals surface area (Å²) in [5, 5.41) is 17.4. The van der Waals surface area contributed by atoms with Crippen LogP contribution in [-0.4, -0.2) is 29.7 Å². The number of hydrogen-bond donors (Lipinski definition) is 2. The molecular formula is C9H15BO4. The van der Waals surface area contributed by atoms with Crippen LogP contribution in [0.1, 0.15) is 26.2 Å². The lowest BCUT2D eigenvalue weighted by Crippen LogP contribution is -2.14. The minimum absolute atomic E-state index is 0.0973. The van der Waals surface area contributed by atoms with Crippen molar-refractivity contribution in [2.75, 3.05) is 6.61 Å². The van der Waals surface area contributed by atoms with Gasteiger partial charge >= 0.3 is 13.1 Å². The fraction of sp³-hybridized carbons (Fsp3) is 0.667. The molecule has 0 saturated heterocycles. The molecule has 1 rings (SSSR count). The van der Waals surface area contributed by atoms with Crippen LogP contribution in [0.15, 0.2) is 11.5 Å². The van der Waals surface area contributed by atoms with Gasteiger partial charge in [-0.1, -0.05) is 11.5 Å². The monoisotopic (exact) mass is 198 g/mol. The van der Waals surface area contributed by atoms with Crippen LogP contribution in [0.4, 0.5) is 0 Å². The van der Waals surface area contributed by atoms with Crippen molar-refractivity contribution in [3.8, 4) is 0 Å². The van der Waals surface area contributed by atoms with Crippen LogP contribution in [0.3, 0.4) is 0 Å². The molecule has 0 aromatic rings. The van der Waals surface area contributed by atoms with Gasteiger partial charge in [0.1, 0.15) is 0 Å². The third-order valence-electron chi connectivity index (χ3n) is 2.33. The molecule has 0 spiro atoms. The third-order valence-corrected chi connectivity index (χ3v) is 2.33. The zero-order chi connectivity index (χ0) is 10.6. The van der Waals surface area contributed by atoms with E-state index in [1.165, 1.54) is 5.98 Å². The Kier molecular flexibility index (Phi) is 4.16. The second-order valence-electron chi connectivity index (χ2n) is 3.43. The van der Waals surface area contributed by atoms with Gasteiger partial charge in [0.25, 0.3) is 0 Å². The molecule has 0 bridgehead atoms. The van der Waals surface area contributed by atoms with Crippen molar-refractivity contribution in [3.05, 3.63) is 11.5 Å². The van der Waals surface area contributed by atoms with Gasteiger partial charge in [0.2, 0.25) is 0 Å². The normalized spacial score (nSPS) is 23.9. The molecule has 1 aliphatic carbocycles. The Hall–Kier alpha value is -0.805. The van der Waals surface area contributed by atoms with E-state index in [4.69, 9.17) is 14.8 Å². The van der Waals surface area contributed by atoms with E-state index in [1.807, 2.05) is 0 Å². The number of carbonyl (C=O) groups is 1. The van der Waals surface area contributed by atoms with Crippen molar-refractivity contribution >= 4 is 13.1 Å². The molecule has 1 saturated carbocycles. The molecule has 1 atom stereocenters. The first kappa shape index (κ1) is 11.3. The molecule has 1 unspecified atom stereocenters. The maximum absolute atomic E-state index is 11.3. The van der Waals surface area contributed by atoms with Crippen LogP contribution in [0.2, 0.25) is 0 Å². The summed E-state index contributed by atoms with van der Waals surface area (Å²) in [5.74, 6) is 1.11. The summed E-state index contributed by atoms with van der Waals surface area (Å²) in [5.41, 5.74) is 0.929. The zero-order valence-electron chi connectivity index (χ0n) is 8.27. The Morgan fingerprint density at radius 1 is 1.71 bits per heavy atom. The van der Waals surface area contributed by atoms with Gasteiger partial charge in [0, 0.05) is 0 Å². The minimum atomic E-state index is -1.41. The average molecular weight is 198 g/mol. The number of esters is 1. The Balaban J connectivity index is 2.45. The van der Waals surface area contributed by atoms with Gasteiger partial charge in [-0.25, -0.2) is 0 Å². The standard InChI is InChI=1S/C9H15BO4/c1-2-14-9(11)8-4-3-7(5-8)6-10(12)13/h6,8,12-13H,2-5H2,1H3/b7-6-. The summed E-state index contributed by atoms with van der Waals surface area (Å²) < 4.78 is 4.89. The molecular weight excluding hydrogens is 183 g/mol. The van der Waals surface area contributed by atoms with E-state index in [1.54, 1.807) is 6.92 Å². The van der Waals surface area contributed by atoms with Crippen molar-refractivity contribution in [1.29, 1.82) is 0 Å². The van der Waals surface area contributed by atoms with E-state index >= 15 is 0 Å². The minimum Gasteiger partial charge on any atom is -0.466 e. The molecule has 78 valence electrons. The van der Waals surface area contributed by atoms with E-state index in [0.717, 1.165) is 18.4 Å². The number of carbonyl (C=O) groups excluding carboxylic acids is 1. The number of rotatable bonds is 3. The van der Waals surface area contributed by atoms with Crippen molar-refractivity contribution in [3.63, 3.8) is 0 Å². The Morgan fingerprint density at radius 2 is 2.43 bits per heavy atom. The summed E-state index contributed by atoms with van der Waals surface area (Å²) in [6, 6.07) is 0. The smallest absolute Gasteiger partial charge is 0.466 e. The summed E-state index contributed by atoms with van der Waals surface area (Å²) in [6.45, 7) is 2.18. The third kappa shape index (κ3) is 3.16. The highest BCUT2D eigenvalue weighted by atomic mass is 16.5. The molecule has 0 heterocycles. The van der Waals surface area contributed by atoms with Crippen LogP contribution in [0.5, 0.6) is 0 Å². The quantitative estimate of drug-likeness (QED) is 0.505. The van der Waals surface area contributed by atoms with Gasteiger partial charge < -0.3 is 14.8 Å². The summed E-state index contributed by atoms with van der Waals surface area (Å²) >= 11 is 0. The van der Waals surface area contributed by atoms with E-state index in [2.05, 4.69) is 0 Å². The first-order valence-corrected chi connectivity index (χ1v) is 4.85. The van der Waals surface area contributed by atoms with Gasteiger partial charge in [-0.3, -0.25) is 4.79 Å². The summed E-state index contributed by atoms with van der Waals surface area (Å²) in [6.07, 6.45) is 2.09. The van der Waals surface area contributed by atoms with Crippen molar-refractivity contribution in [2.45, 2.75) is 26.2 Å². The predicted molar refractivity (Wildman–Crippen MR) is 52.2 cm³/mol. The highest BCUT2D eigenvalue weighted by Gasteiger charge is 2.27. The molecule has 0 aliphatic heterocycles. The highest BCUT2D eigenvalue weighted by Crippen LogP contribution is 2.30. The van der Waals surface area contributed by atoms with Gasteiger partial charge in [-0.2, -0.15) is 0 Å². The molecule has 1 aliphatic rings. The predicted octanol–water partition coefficient (Wildman–Crippen LogP) is 0.288. The van der Waals surface area contributed by atoms with E-state index in [-0.39, 0.29) is 11.9 Å². The van der Waals surface area contributed by atoms with Gasteiger partial charge in [-0.05, 0) is 26.2 Å². The van der Waals surface area contributed by atoms with Crippen molar-refractivity contribution in [2.24, 2.45) is 5.92 Å². The van der Waals surface area contributed by atoms with Crippen molar-refractivity contribution < 1.29 is 19.6 Å². The Bertz CT molecular complexity index is 237. The molecule has 0 radical (unpaired) electrons. The van der Waals surface area contributed by atoms with Gasteiger partial charge in [0.15, 0.2) is 0 Å². The van der Waals surface area contributed by atoms with Gasteiger partial charge in [0.05, 0.1) is 12.5 Å². The van der Waals surface area contributed by atoms with Crippen LogP contribution in [-0.2, 0) is 9.53 Å². The van der Waals surface area contributed by atoms with Crippen LogP contribution in [0, 0.1) is 5.92 Å². The van der Waals surface area contributed by atoms with E-state index in [0.29, 0.717) is 13.0 Å². The molecule has 0 amide bonds. The van der Waals surface area contributed by atoms with E-state index in [9.17, 15) is 4.79 Å². The lowest BCUT2D eigenvalue weighted by atomic mass is 9.88. The zero-order valence-corrected chi connectivity index (χ0v) is 8.27. The number of hydrogen-bond acceptors (Lipinski definition) is 4. The largest absolute Gasteiger partial charge is 0.480 e. The Morgan fingerprint density at radius 3 is 3.00 bits per heavy atom. The van der Waals surface area contributed by atoms with Crippen molar-refractivity contribution in [1.82, 2.24) is 0 Å². The lowest BCUT2D eigenvalue weighted by Gasteiger charge is -2.06. The number of ether oxygens (including phenoxy) is 1. The van der Waals surface area contributed by atoms with Gasteiger partial charge in [-0.15, -0.1) is 0 Å². The molecule has 4 nitrogen and oxygen atoms in total. The van der Waals surface area contributed by atoms with E-state index < -0.39 is 7.12 Å². The molecule has 5 heteroatoms. The molecule has 1 fully saturated rings. The fourth-order valence-corrected chi connectivity index (χ4v) is 1.70. The molecule has 0 aromatic heterocycles. The molecule has 0 aromatic carbocycles. The fourth-order valence-electron chi connectivity index (χ4n) is 1.70. The summed E-state index contributed by atoms with van der Waals surface area (Å²) in [4.78, 5) is 11.3. The topological polar surface area (TPSA) is 66.8 Å². The average Bonchev–Trinajstić information content (AvgIpc) is 2.52. The lowest BCUT2D eigenvalue weighted by molar-refractivity contribution is -0.147. The summed E-state index contributed by atoms with van der Waals surface area (Å²) in [7, 11) is -1.41. The maximum Gasteiger partial charge on any atom is 0.480 e. The van der Waals surface area contributed by atoms with Crippen LogP contribution >= 0.6 is 0 Å². The SMILES string of the molecule is CCOC(=O)C1CC/C(=C/B(O)O)C1. The second kappa shape index (κ2) is 5.17. The molecule has 2 N–H and O–H groups in total. The number of allylic oxidation sites excluding steroid dienone is 1.